The molecule has 0 atom stereocenters. The van der Waals surface area contributed by atoms with Crippen LogP contribution < -0.4 is 0 Å². The van der Waals surface area contributed by atoms with Crippen LogP contribution in [-0.4, -0.2) is 17.7 Å². The fraction of sp³-hybridized carbons (Fsp3) is 0.538. The van der Waals surface area contributed by atoms with Gasteiger partial charge in [-0.2, -0.15) is 13.2 Å². The Kier molecular flexibility index (Phi) is 3.17. The van der Waals surface area contributed by atoms with Crippen LogP contribution in [0.2, 0.25) is 0 Å². The van der Waals surface area contributed by atoms with Crippen molar-refractivity contribution in [1.29, 1.82) is 0 Å². The summed E-state index contributed by atoms with van der Waals surface area (Å²) in [5.41, 5.74) is 3.07. The van der Waals surface area contributed by atoms with Crippen LogP contribution in [0.3, 0.4) is 0 Å². The Hall–Kier alpha value is -1.03. The lowest BCUT2D eigenvalue weighted by molar-refractivity contribution is -0.250. The highest BCUT2D eigenvalue weighted by molar-refractivity contribution is 5.35. The predicted octanol–water partition coefficient (Wildman–Crippen LogP) is 3.69. The Bertz CT molecular complexity index is 410. The topological polar surface area (TPSA) is 3.24 Å². The van der Waals surface area contributed by atoms with Crippen molar-refractivity contribution < 1.29 is 13.2 Å². The predicted molar refractivity (Wildman–Crippen MR) is 60.7 cm³/mol. The zero-order chi connectivity index (χ0) is 12.6. The summed E-state index contributed by atoms with van der Waals surface area (Å²) in [6.07, 6.45) is -3.73. The molecule has 0 bridgehead atoms. The minimum absolute atomic E-state index is 0.0167. The molecule has 0 unspecified atom stereocenters. The lowest BCUT2D eigenvalue weighted by Gasteiger charge is -2.30. The molecule has 0 spiro atoms. The van der Waals surface area contributed by atoms with Gasteiger partial charge in [0, 0.05) is 13.1 Å². The van der Waals surface area contributed by atoms with E-state index < -0.39 is 6.30 Å². The molecule has 0 saturated heterocycles. The molecule has 1 heterocycles. The Morgan fingerprint density at radius 3 is 2.47 bits per heavy atom. The van der Waals surface area contributed by atoms with Gasteiger partial charge in [-0.15, -0.1) is 0 Å². The smallest absolute Gasteiger partial charge is 0.210 e. The number of hydrogen-bond donors (Lipinski definition) is 0. The van der Waals surface area contributed by atoms with Crippen LogP contribution in [0.1, 0.15) is 36.5 Å². The van der Waals surface area contributed by atoms with Gasteiger partial charge in [0.2, 0.25) is 0 Å². The summed E-state index contributed by atoms with van der Waals surface area (Å²) in [6.45, 7) is 4.23. The van der Waals surface area contributed by atoms with Crippen molar-refractivity contribution in [3.8, 4) is 0 Å². The van der Waals surface area contributed by atoms with E-state index >= 15 is 0 Å². The number of halogens is 3. The summed E-state index contributed by atoms with van der Waals surface area (Å²) in [5.74, 6) is 0.418. The first kappa shape index (κ1) is 12.4. The van der Waals surface area contributed by atoms with Crippen molar-refractivity contribution in [2.24, 2.45) is 0 Å². The van der Waals surface area contributed by atoms with E-state index in [1.54, 1.807) is 0 Å². The molecule has 94 valence electrons. The summed E-state index contributed by atoms with van der Waals surface area (Å²) >= 11 is 0. The van der Waals surface area contributed by atoms with Gasteiger partial charge in [0.15, 0.2) is 0 Å². The Morgan fingerprint density at radius 1 is 1.18 bits per heavy atom. The third kappa shape index (κ3) is 2.63. The van der Waals surface area contributed by atoms with Crippen LogP contribution in [0.15, 0.2) is 18.2 Å². The second-order valence-electron chi connectivity index (χ2n) is 4.82. The molecule has 1 aromatic rings. The zero-order valence-electron chi connectivity index (χ0n) is 10.0. The van der Waals surface area contributed by atoms with Gasteiger partial charge in [0.1, 0.15) is 0 Å². The molecule has 0 radical (unpaired) electrons. The van der Waals surface area contributed by atoms with Gasteiger partial charge in [-0.3, -0.25) is 0 Å². The molecule has 0 fully saturated rings. The minimum Gasteiger partial charge on any atom is -0.210 e. The first-order chi connectivity index (χ1) is 7.88. The van der Waals surface area contributed by atoms with E-state index in [1.807, 2.05) is 18.2 Å². The van der Waals surface area contributed by atoms with Gasteiger partial charge < -0.3 is 0 Å². The quantitative estimate of drug-likeness (QED) is 0.680. The molecular weight excluding hydrogens is 227 g/mol. The Balaban J connectivity index is 2.23. The first-order valence-electron chi connectivity index (χ1n) is 5.81. The van der Waals surface area contributed by atoms with Crippen LogP contribution in [-0.2, 0) is 13.0 Å². The van der Waals surface area contributed by atoms with E-state index in [0.29, 0.717) is 17.2 Å². The van der Waals surface area contributed by atoms with E-state index in [-0.39, 0.29) is 13.1 Å². The molecule has 1 nitrogen and oxygen atoms in total. The van der Waals surface area contributed by atoms with Gasteiger partial charge in [-0.25, -0.2) is 4.90 Å². The fourth-order valence-corrected chi connectivity index (χ4v) is 2.15. The van der Waals surface area contributed by atoms with Crippen LogP contribution in [0.4, 0.5) is 13.2 Å². The van der Waals surface area contributed by atoms with E-state index in [9.17, 15) is 13.2 Å². The van der Waals surface area contributed by atoms with Crippen LogP contribution in [0, 0.1) is 0 Å². The lowest BCUT2D eigenvalue weighted by Crippen LogP contribution is -2.41. The van der Waals surface area contributed by atoms with Crippen molar-refractivity contribution in [2.45, 2.75) is 39.0 Å². The van der Waals surface area contributed by atoms with Crippen LogP contribution >= 0.6 is 0 Å². The minimum atomic E-state index is -4.21. The Morgan fingerprint density at radius 2 is 1.88 bits per heavy atom. The molecular formula is C13H16F3N. The van der Waals surface area contributed by atoms with E-state index in [1.165, 1.54) is 5.56 Å². The third-order valence-corrected chi connectivity index (χ3v) is 3.27. The SMILES string of the molecule is CC(C)c1ccc2c(c1)CCN(C(F)(F)F)C2. The monoisotopic (exact) mass is 243 g/mol. The number of nitrogens with zero attached hydrogens (tertiary/aromatic N) is 1. The van der Waals surface area contributed by atoms with Crippen LogP contribution in [0.25, 0.3) is 0 Å². The standard InChI is InChI=1S/C13H16F3N/c1-9(2)10-3-4-12-8-17(13(14,15)16)6-5-11(12)7-10/h3-4,7,9H,5-6,8H2,1-2H3. The molecule has 17 heavy (non-hydrogen) atoms. The number of fused-ring (bicyclic) bond motifs is 1. The third-order valence-electron chi connectivity index (χ3n) is 3.27. The Labute approximate surface area is 99.2 Å². The summed E-state index contributed by atoms with van der Waals surface area (Å²) < 4.78 is 37.7. The highest BCUT2D eigenvalue weighted by atomic mass is 19.4. The second-order valence-corrected chi connectivity index (χ2v) is 4.82. The molecule has 0 aromatic heterocycles. The maximum Gasteiger partial charge on any atom is 0.460 e. The number of benzene rings is 1. The van der Waals surface area contributed by atoms with Crippen molar-refractivity contribution in [3.63, 3.8) is 0 Å². The van der Waals surface area contributed by atoms with E-state index in [4.69, 9.17) is 0 Å². The lowest BCUT2D eigenvalue weighted by atomic mass is 9.93. The van der Waals surface area contributed by atoms with Gasteiger partial charge >= 0.3 is 6.30 Å². The molecule has 0 amide bonds. The average molecular weight is 243 g/mol. The molecule has 0 aliphatic carbocycles. The molecule has 1 aromatic carbocycles. The van der Waals surface area contributed by atoms with Crippen molar-refractivity contribution in [1.82, 2.24) is 4.90 Å². The average Bonchev–Trinajstić information content (AvgIpc) is 2.26. The first-order valence-corrected chi connectivity index (χ1v) is 5.81. The highest BCUT2D eigenvalue weighted by Crippen LogP contribution is 2.30. The van der Waals surface area contributed by atoms with Crippen molar-refractivity contribution in [3.05, 3.63) is 34.9 Å². The molecule has 0 saturated carbocycles. The number of alkyl halides is 3. The maximum absolute atomic E-state index is 12.6. The number of rotatable bonds is 1. The fourth-order valence-electron chi connectivity index (χ4n) is 2.15. The molecule has 2 rings (SSSR count). The maximum atomic E-state index is 12.6. The summed E-state index contributed by atoms with van der Waals surface area (Å²) in [7, 11) is 0. The van der Waals surface area contributed by atoms with E-state index in [2.05, 4.69) is 13.8 Å². The van der Waals surface area contributed by atoms with Gasteiger partial charge in [-0.1, -0.05) is 32.0 Å². The molecule has 1 aliphatic heterocycles. The summed E-state index contributed by atoms with van der Waals surface area (Å²) in [5, 5.41) is 0. The van der Waals surface area contributed by atoms with Gasteiger partial charge in [0.25, 0.3) is 0 Å². The molecule has 4 heteroatoms. The second kappa shape index (κ2) is 4.33. The van der Waals surface area contributed by atoms with E-state index in [0.717, 1.165) is 11.1 Å². The molecule has 1 aliphatic rings. The van der Waals surface area contributed by atoms with Gasteiger partial charge in [0.05, 0.1) is 0 Å². The highest BCUT2D eigenvalue weighted by Gasteiger charge is 2.38. The normalized spacial score (nSPS) is 17.3. The number of hydrogen-bond acceptors (Lipinski definition) is 1. The van der Waals surface area contributed by atoms with Crippen molar-refractivity contribution in [2.75, 3.05) is 6.54 Å². The van der Waals surface area contributed by atoms with Gasteiger partial charge in [-0.05, 0) is 29.0 Å². The zero-order valence-corrected chi connectivity index (χ0v) is 10.0. The summed E-state index contributed by atoms with van der Waals surface area (Å²) in [4.78, 5) is 0.574. The largest absolute Gasteiger partial charge is 0.460 e. The van der Waals surface area contributed by atoms with Crippen LogP contribution in [0.5, 0.6) is 0 Å². The molecule has 0 N–H and O–H groups in total. The van der Waals surface area contributed by atoms with Crippen molar-refractivity contribution >= 4 is 0 Å². The summed E-state index contributed by atoms with van der Waals surface area (Å²) in [6, 6.07) is 5.82.